The van der Waals surface area contributed by atoms with Gasteiger partial charge in [-0.2, -0.15) is 0 Å². The lowest BCUT2D eigenvalue weighted by Crippen LogP contribution is -1.95. The first-order valence-corrected chi connectivity index (χ1v) is 3.80. The molecule has 12 heavy (non-hydrogen) atoms. The number of ether oxygens (including phenoxy) is 1. The lowest BCUT2D eigenvalue weighted by Gasteiger charge is -2.00. The minimum Gasteiger partial charge on any atom is -0.495 e. The van der Waals surface area contributed by atoms with E-state index in [0.29, 0.717) is 5.75 Å². The summed E-state index contributed by atoms with van der Waals surface area (Å²) in [7, 11) is 1.48. The standard InChI is InChI=1S/C7H5Cl2NO2/c1-12-4-2-5(8)6(7(9)11)10-3-4/h2-3H,1H3. The van der Waals surface area contributed by atoms with Crippen LogP contribution in [0.3, 0.4) is 0 Å². The number of aromatic nitrogens is 1. The second-order valence-electron chi connectivity index (χ2n) is 1.98. The van der Waals surface area contributed by atoms with E-state index in [1.54, 1.807) is 0 Å². The number of carbonyl (C=O) groups excluding carboxylic acids is 1. The van der Waals surface area contributed by atoms with Gasteiger partial charge in [0.25, 0.3) is 5.24 Å². The largest absolute Gasteiger partial charge is 0.495 e. The Morgan fingerprint density at radius 1 is 1.67 bits per heavy atom. The van der Waals surface area contributed by atoms with Crippen molar-refractivity contribution in [2.75, 3.05) is 7.11 Å². The van der Waals surface area contributed by atoms with Crippen LogP contribution in [0, 0.1) is 0 Å². The molecule has 1 heterocycles. The lowest BCUT2D eigenvalue weighted by molar-refractivity contribution is 0.107. The Morgan fingerprint density at radius 2 is 2.33 bits per heavy atom. The summed E-state index contributed by atoms with van der Waals surface area (Å²) in [6.07, 6.45) is 1.38. The zero-order chi connectivity index (χ0) is 9.14. The van der Waals surface area contributed by atoms with Crippen molar-refractivity contribution >= 4 is 28.4 Å². The molecule has 0 unspecified atom stereocenters. The first-order chi connectivity index (χ1) is 5.65. The molecule has 0 bridgehead atoms. The van der Waals surface area contributed by atoms with Gasteiger partial charge in [0.15, 0.2) is 0 Å². The highest BCUT2D eigenvalue weighted by Crippen LogP contribution is 2.20. The van der Waals surface area contributed by atoms with Gasteiger partial charge in [-0.05, 0) is 11.6 Å². The fourth-order valence-electron chi connectivity index (χ4n) is 0.677. The third-order valence-corrected chi connectivity index (χ3v) is 1.71. The van der Waals surface area contributed by atoms with E-state index in [-0.39, 0.29) is 10.7 Å². The van der Waals surface area contributed by atoms with E-state index in [4.69, 9.17) is 27.9 Å². The average Bonchev–Trinajstić information content (AvgIpc) is 2.03. The molecule has 0 aliphatic rings. The molecular weight excluding hydrogens is 201 g/mol. The molecule has 0 aromatic carbocycles. The number of carbonyl (C=O) groups is 1. The zero-order valence-electron chi connectivity index (χ0n) is 6.17. The summed E-state index contributed by atoms with van der Waals surface area (Å²) in [5.74, 6) is 0.488. The molecule has 1 aromatic heterocycles. The van der Waals surface area contributed by atoms with Crippen molar-refractivity contribution in [3.63, 3.8) is 0 Å². The molecule has 0 spiro atoms. The van der Waals surface area contributed by atoms with Gasteiger partial charge < -0.3 is 4.74 Å². The number of methoxy groups -OCH3 is 1. The molecule has 5 heteroatoms. The second kappa shape index (κ2) is 3.74. The molecule has 1 aromatic rings. The smallest absolute Gasteiger partial charge is 0.272 e. The predicted molar refractivity (Wildman–Crippen MR) is 46.0 cm³/mol. The molecular formula is C7H5Cl2NO2. The van der Waals surface area contributed by atoms with Crippen LogP contribution in [0.4, 0.5) is 0 Å². The number of pyridine rings is 1. The molecule has 0 atom stereocenters. The molecule has 64 valence electrons. The first kappa shape index (κ1) is 9.29. The fraction of sp³-hybridized carbons (Fsp3) is 0.143. The van der Waals surface area contributed by atoms with Crippen molar-refractivity contribution in [2.45, 2.75) is 0 Å². The van der Waals surface area contributed by atoms with Crippen LogP contribution in [0.15, 0.2) is 12.3 Å². The molecule has 0 N–H and O–H groups in total. The maximum Gasteiger partial charge on any atom is 0.272 e. The van der Waals surface area contributed by atoms with Crippen LogP contribution in [0.25, 0.3) is 0 Å². The Hall–Kier alpha value is -0.800. The number of hydrogen-bond acceptors (Lipinski definition) is 3. The van der Waals surface area contributed by atoms with Crippen molar-refractivity contribution in [3.8, 4) is 5.75 Å². The van der Waals surface area contributed by atoms with E-state index in [9.17, 15) is 4.79 Å². The van der Waals surface area contributed by atoms with Gasteiger partial charge in [-0.15, -0.1) is 0 Å². The Kier molecular flexibility index (Phi) is 2.89. The summed E-state index contributed by atoms with van der Waals surface area (Å²) >= 11 is 10.8. The normalized spacial score (nSPS) is 9.58. The summed E-state index contributed by atoms with van der Waals surface area (Å²) in [5.41, 5.74) is 0.0409. The fourth-order valence-corrected chi connectivity index (χ4v) is 1.12. The molecule has 0 aliphatic heterocycles. The molecule has 0 fully saturated rings. The van der Waals surface area contributed by atoms with Crippen LogP contribution in [0.2, 0.25) is 5.02 Å². The second-order valence-corrected chi connectivity index (χ2v) is 2.73. The van der Waals surface area contributed by atoms with Gasteiger partial charge in [-0.1, -0.05) is 11.6 Å². The number of halogens is 2. The van der Waals surface area contributed by atoms with Crippen LogP contribution >= 0.6 is 23.2 Å². The third kappa shape index (κ3) is 1.87. The van der Waals surface area contributed by atoms with Gasteiger partial charge in [-0.25, -0.2) is 4.98 Å². The van der Waals surface area contributed by atoms with Crippen LogP contribution < -0.4 is 4.74 Å². The minimum atomic E-state index is -0.678. The van der Waals surface area contributed by atoms with Gasteiger partial charge in [0.1, 0.15) is 11.4 Å². The maximum absolute atomic E-state index is 10.6. The number of rotatable bonds is 2. The quantitative estimate of drug-likeness (QED) is 0.695. The van der Waals surface area contributed by atoms with Crippen LogP contribution in [-0.2, 0) is 0 Å². The van der Waals surface area contributed by atoms with E-state index in [1.807, 2.05) is 0 Å². The predicted octanol–water partition coefficient (Wildman–Crippen LogP) is 2.12. The van der Waals surface area contributed by atoms with Crippen molar-refractivity contribution in [3.05, 3.63) is 23.0 Å². The monoisotopic (exact) mass is 205 g/mol. The van der Waals surface area contributed by atoms with Gasteiger partial charge >= 0.3 is 0 Å². The zero-order valence-corrected chi connectivity index (χ0v) is 7.69. The summed E-state index contributed by atoms with van der Waals surface area (Å²) in [4.78, 5) is 14.4. The number of hydrogen-bond donors (Lipinski definition) is 0. The van der Waals surface area contributed by atoms with Gasteiger partial charge in [0.2, 0.25) is 0 Å². The molecule has 0 saturated heterocycles. The SMILES string of the molecule is COc1cnc(C(=O)Cl)c(Cl)c1. The Bertz CT molecular complexity index is 314. The Balaban J connectivity index is 3.12. The van der Waals surface area contributed by atoms with Crippen molar-refractivity contribution in [1.82, 2.24) is 4.98 Å². The topological polar surface area (TPSA) is 39.2 Å². The minimum absolute atomic E-state index is 0.0409. The summed E-state index contributed by atoms with van der Waals surface area (Å²) < 4.78 is 4.83. The summed E-state index contributed by atoms with van der Waals surface area (Å²) in [6, 6.07) is 1.48. The van der Waals surface area contributed by atoms with Crippen LogP contribution in [0.5, 0.6) is 5.75 Å². The molecule has 0 aliphatic carbocycles. The lowest BCUT2D eigenvalue weighted by atomic mass is 10.3. The summed E-state index contributed by atoms with van der Waals surface area (Å²) in [6.45, 7) is 0. The Morgan fingerprint density at radius 3 is 2.75 bits per heavy atom. The van der Waals surface area contributed by atoms with E-state index in [0.717, 1.165) is 0 Å². The van der Waals surface area contributed by atoms with E-state index < -0.39 is 5.24 Å². The highest BCUT2D eigenvalue weighted by atomic mass is 35.5. The van der Waals surface area contributed by atoms with E-state index in [1.165, 1.54) is 19.4 Å². The third-order valence-electron chi connectivity index (χ3n) is 1.24. The summed E-state index contributed by atoms with van der Waals surface area (Å²) in [5, 5.41) is -0.489. The molecule has 1 rings (SSSR count). The molecule has 0 amide bonds. The average molecular weight is 206 g/mol. The van der Waals surface area contributed by atoms with Crippen LogP contribution in [0.1, 0.15) is 10.5 Å². The van der Waals surface area contributed by atoms with Gasteiger partial charge in [-0.3, -0.25) is 4.79 Å². The van der Waals surface area contributed by atoms with Gasteiger partial charge in [0.05, 0.1) is 18.3 Å². The molecule has 0 radical (unpaired) electrons. The van der Waals surface area contributed by atoms with E-state index in [2.05, 4.69) is 4.98 Å². The maximum atomic E-state index is 10.6. The van der Waals surface area contributed by atoms with Crippen molar-refractivity contribution in [2.24, 2.45) is 0 Å². The molecule has 3 nitrogen and oxygen atoms in total. The number of nitrogens with zero attached hydrogens (tertiary/aromatic N) is 1. The van der Waals surface area contributed by atoms with Crippen molar-refractivity contribution < 1.29 is 9.53 Å². The highest BCUT2D eigenvalue weighted by Gasteiger charge is 2.09. The Labute approximate surface area is 79.3 Å². The van der Waals surface area contributed by atoms with E-state index >= 15 is 0 Å². The first-order valence-electron chi connectivity index (χ1n) is 3.04. The highest BCUT2D eigenvalue weighted by molar-refractivity contribution is 6.68. The van der Waals surface area contributed by atoms with Crippen molar-refractivity contribution in [1.29, 1.82) is 0 Å². The molecule has 0 saturated carbocycles. The van der Waals surface area contributed by atoms with Crippen LogP contribution in [-0.4, -0.2) is 17.3 Å². The van der Waals surface area contributed by atoms with Gasteiger partial charge in [0, 0.05) is 6.07 Å².